The van der Waals surface area contributed by atoms with Gasteiger partial charge < -0.3 is 10.1 Å². The van der Waals surface area contributed by atoms with Crippen molar-refractivity contribution in [1.29, 1.82) is 0 Å². The summed E-state index contributed by atoms with van der Waals surface area (Å²) in [5.41, 5.74) is 4.06. The highest BCUT2D eigenvalue weighted by atomic mass is 32.1. The number of carbonyl (C=O) groups excluding carboxylic acids is 1. The van der Waals surface area contributed by atoms with Gasteiger partial charge in [-0.05, 0) is 32.3 Å². The van der Waals surface area contributed by atoms with E-state index in [9.17, 15) is 4.79 Å². The lowest BCUT2D eigenvalue weighted by molar-refractivity contribution is 0.0527. The van der Waals surface area contributed by atoms with Crippen LogP contribution in [0.2, 0.25) is 0 Å². The van der Waals surface area contributed by atoms with Crippen LogP contribution in [-0.4, -0.2) is 21.9 Å². The molecule has 0 bridgehead atoms. The fourth-order valence-corrected chi connectivity index (χ4v) is 3.09. The van der Waals surface area contributed by atoms with Crippen molar-refractivity contribution in [3.05, 3.63) is 27.3 Å². The number of hydrogen-bond acceptors (Lipinski definition) is 7. The summed E-state index contributed by atoms with van der Waals surface area (Å²) in [7, 11) is 0. The molecule has 0 saturated carbocycles. The Hall–Kier alpha value is -1.47. The van der Waals surface area contributed by atoms with Crippen molar-refractivity contribution in [2.75, 3.05) is 11.9 Å². The van der Waals surface area contributed by atoms with E-state index in [1.54, 1.807) is 18.3 Å². The Kier molecular flexibility index (Phi) is 4.49. The number of esters is 1. The summed E-state index contributed by atoms with van der Waals surface area (Å²) < 4.78 is 9.25. The maximum atomic E-state index is 11.9. The molecule has 5 nitrogen and oxygen atoms in total. The SMILES string of the molecule is CCOC(=O)c1c(C)nsc1NCc1scnc1C. The molecule has 1 N–H and O–H groups in total. The molecule has 0 amide bonds. The van der Waals surface area contributed by atoms with Gasteiger partial charge in [0.1, 0.15) is 10.6 Å². The zero-order valence-electron chi connectivity index (χ0n) is 11.0. The van der Waals surface area contributed by atoms with Crippen molar-refractivity contribution in [3.8, 4) is 0 Å². The summed E-state index contributed by atoms with van der Waals surface area (Å²) in [5.74, 6) is -0.322. The van der Waals surface area contributed by atoms with Gasteiger partial charge in [-0.15, -0.1) is 11.3 Å². The third kappa shape index (κ3) is 3.10. The van der Waals surface area contributed by atoms with Gasteiger partial charge in [0, 0.05) is 4.88 Å². The normalized spacial score (nSPS) is 10.5. The highest BCUT2D eigenvalue weighted by Gasteiger charge is 2.19. The van der Waals surface area contributed by atoms with Crippen LogP contribution in [0.1, 0.15) is 33.5 Å². The van der Waals surface area contributed by atoms with Crippen LogP contribution in [0.3, 0.4) is 0 Å². The summed E-state index contributed by atoms with van der Waals surface area (Å²) in [5, 5.41) is 4.00. The third-order valence-corrected chi connectivity index (χ3v) is 4.43. The van der Waals surface area contributed by atoms with E-state index in [4.69, 9.17) is 4.74 Å². The fraction of sp³-hybridized carbons (Fsp3) is 0.417. The lowest BCUT2D eigenvalue weighted by Crippen LogP contribution is -2.09. The summed E-state index contributed by atoms with van der Waals surface area (Å²) in [6.07, 6.45) is 0. The minimum absolute atomic E-state index is 0.322. The lowest BCUT2D eigenvalue weighted by Gasteiger charge is -2.06. The molecular weight excluding hydrogens is 282 g/mol. The summed E-state index contributed by atoms with van der Waals surface area (Å²) in [6.45, 7) is 6.58. The maximum absolute atomic E-state index is 11.9. The average molecular weight is 297 g/mol. The number of ether oxygens (including phenoxy) is 1. The van der Waals surface area contributed by atoms with Gasteiger partial charge in [-0.3, -0.25) is 0 Å². The highest BCUT2D eigenvalue weighted by molar-refractivity contribution is 7.11. The van der Waals surface area contributed by atoms with Gasteiger partial charge in [-0.25, -0.2) is 9.78 Å². The van der Waals surface area contributed by atoms with Gasteiger partial charge in [0.25, 0.3) is 0 Å². The van der Waals surface area contributed by atoms with Gasteiger partial charge in [0.2, 0.25) is 0 Å². The van der Waals surface area contributed by atoms with E-state index in [2.05, 4.69) is 14.7 Å². The molecular formula is C12H15N3O2S2. The van der Waals surface area contributed by atoms with Gasteiger partial charge >= 0.3 is 5.97 Å². The van der Waals surface area contributed by atoms with E-state index in [0.29, 0.717) is 24.4 Å². The monoisotopic (exact) mass is 297 g/mol. The van der Waals surface area contributed by atoms with E-state index in [-0.39, 0.29) is 5.97 Å². The number of anilines is 1. The van der Waals surface area contributed by atoms with Crippen LogP contribution in [-0.2, 0) is 11.3 Å². The molecule has 2 aromatic rings. The largest absolute Gasteiger partial charge is 0.462 e. The molecule has 0 unspecified atom stereocenters. The number of thiazole rings is 1. The predicted molar refractivity (Wildman–Crippen MR) is 77.0 cm³/mol. The Bertz CT molecular complexity index is 577. The predicted octanol–water partition coefficient (Wildman–Crippen LogP) is 3.01. The van der Waals surface area contributed by atoms with E-state index < -0.39 is 0 Å². The number of aryl methyl sites for hydroxylation is 2. The molecule has 0 saturated heterocycles. The van der Waals surface area contributed by atoms with Crippen molar-refractivity contribution < 1.29 is 9.53 Å². The summed E-state index contributed by atoms with van der Waals surface area (Å²) in [4.78, 5) is 17.2. The smallest absolute Gasteiger partial charge is 0.343 e. The lowest BCUT2D eigenvalue weighted by atomic mass is 10.2. The molecule has 0 aromatic carbocycles. The van der Waals surface area contributed by atoms with E-state index in [1.807, 2.05) is 19.4 Å². The topological polar surface area (TPSA) is 64.1 Å². The van der Waals surface area contributed by atoms with Crippen molar-refractivity contribution in [2.24, 2.45) is 0 Å². The minimum Gasteiger partial charge on any atom is -0.462 e. The summed E-state index contributed by atoms with van der Waals surface area (Å²) in [6, 6.07) is 0. The second-order valence-electron chi connectivity index (χ2n) is 3.91. The Morgan fingerprint density at radius 3 is 2.84 bits per heavy atom. The highest BCUT2D eigenvalue weighted by Crippen LogP contribution is 2.26. The fourth-order valence-electron chi connectivity index (χ4n) is 1.59. The van der Waals surface area contributed by atoms with Crippen LogP contribution >= 0.6 is 22.9 Å². The van der Waals surface area contributed by atoms with E-state index in [1.165, 1.54) is 11.5 Å². The number of hydrogen-bond donors (Lipinski definition) is 1. The van der Waals surface area contributed by atoms with Crippen molar-refractivity contribution in [2.45, 2.75) is 27.3 Å². The third-order valence-electron chi connectivity index (χ3n) is 2.60. The average Bonchev–Trinajstić information content (AvgIpc) is 2.93. The first-order valence-corrected chi connectivity index (χ1v) is 7.55. The van der Waals surface area contributed by atoms with Crippen molar-refractivity contribution in [3.63, 3.8) is 0 Å². The Balaban J connectivity index is 2.13. The molecule has 102 valence electrons. The molecule has 2 rings (SSSR count). The number of carbonyl (C=O) groups is 1. The first kappa shape index (κ1) is 14.0. The molecule has 0 atom stereocenters. The van der Waals surface area contributed by atoms with Crippen LogP contribution in [0.4, 0.5) is 5.00 Å². The quantitative estimate of drug-likeness (QED) is 0.859. The second-order valence-corrected chi connectivity index (χ2v) is 5.62. The van der Waals surface area contributed by atoms with Crippen LogP contribution < -0.4 is 5.32 Å². The Morgan fingerprint density at radius 1 is 1.42 bits per heavy atom. The number of nitrogens with zero attached hydrogens (tertiary/aromatic N) is 2. The first-order valence-electron chi connectivity index (χ1n) is 5.89. The van der Waals surface area contributed by atoms with E-state index >= 15 is 0 Å². The maximum Gasteiger partial charge on any atom is 0.343 e. The molecule has 0 fully saturated rings. The molecule has 0 aliphatic rings. The van der Waals surface area contributed by atoms with Crippen LogP contribution in [0, 0.1) is 13.8 Å². The van der Waals surface area contributed by atoms with Gasteiger partial charge in [0.05, 0.1) is 30.1 Å². The summed E-state index contributed by atoms with van der Waals surface area (Å²) >= 11 is 2.87. The zero-order valence-corrected chi connectivity index (χ0v) is 12.7. The zero-order chi connectivity index (χ0) is 13.8. The van der Waals surface area contributed by atoms with E-state index in [0.717, 1.165) is 15.6 Å². The molecule has 0 spiro atoms. The van der Waals surface area contributed by atoms with Crippen LogP contribution in [0.25, 0.3) is 0 Å². The van der Waals surface area contributed by atoms with Gasteiger partial charge in [0.15, 0.2) is 0 Å². The molecule has 0 aliphatic carbocycles. The minimum atomic E-state index is -0.322. The van der Waals surface area contributed by atoms with Gasteiger partial charge in [-0.1, -0.05) is 0 Å². The number of aromatic nitrogens is 2. The number of nitrogens with one attached hydrogen (secondary N) is 1. The molecule has 19 heavy (non-hydrogen) atoms. The van der Waals surface area contributed by atoms with Crippen molar-refractivity contribution >= 4 is 33.8 Å². The van der Waals surface area contributed by atoms with Crippen LogP contribution in [0.5, 0.6) is 0 Å². The Morgan fingerprint density at radius 2 is 2.21 bits per heavy atom. The Labute approximate surface area is 119 Å². The molecule has 2 aromatic heterocycles. The molecule has 0 radical (unpaired) electrons. The van der Waals surface area contributed by atoms with Gasteiger partial charge in [-0.2, -0.15) is 4.37 Å². The molecule has 0 aliphatic heterocycles. The first-order chi connectivity index (χ1) is 9.13. The molecule has 7 heteroatoms. The molecule has 2 heterocycles. The van der Waals surface area contributed by atoms with Crippen LogP contribution in [0.15, 0.2) is 5.51 Å². The standard InChI is InChI=1S/C12H15N3O2S2/c1-4-17-12(16)10-8(3)15-19-11(10)13-5-9-7(2)14-6-18-9/h6,13H,4-5H2,1-3H3. The van der Waals surface area contributed by atoms with Crippen molar-refractivity contribution in [1.82, 2.24) is 9.36 Å². The second kappa shape index (κ2) is 6.12. The number of rotatable bonds is 5.